The Morgan fingerprint density at radius 2 is 1.84 bits per heavy atom. The Morgan fingerprint density at radius 3 is 2.48 bits per heavy atom. The second kappa shape index (κ2) is 7.83. The van der Waals surface area contributed by atoms with Gasteiger partial charge in [0.05, 0.1) is 27.7 Å². The largest absolute Gasteiger partial charge is 0.323 e. The summed E-state index contributed by atoms with van der Waals surface area (Å²) >= 11 is 17.9. The van der Waals surface area contributed by atoms with Gasteiger partial charge in [0.2, 0.25) is 15.9 Å². The van der Waals surface area contributed by atoms with Crippen molar-refractivity contribution in [3.8, 4) is 0 Å². The first kappa shape index (κ1) is 19.8. The standard InChI is InChI=1S/C16H15Cl3N2O3S/c1-10-6-7-11(17)8-14(10)21(25(2,23)24)9-15(22)20-13-5-3-4-12(18)16(13)19/h3-8H,9H2,1-2H3,(H,20,22). The number of carbonyl (C=O) groups is 1. The van der Waals surface area contributed by atoms with Crippen molar-refractivity contribution in [1.82, 2.24) is 0 Å². The van der Waals surface area contributed by atoms with Crippen molar-refractivity contribution in [2.45, 2.75) is 6.92 Å². The van der Waals surface area contributed by atoms with Crippen LogP contribution in [-0.4, -0.2) is 27.1 Å². The number of rotatable bonds is 5. The van der Waals surface area contributed by atoms with E-state index in [4.69, 9.17) is 34.8 Å². The maximum absolute atomic E-state index is 12.4. The lowest BCUT2D eigenvalue weighted by Crippen LogP contribution is -2.37. The molecule has 0 aliphatic carbocycles. The number of amides is 1. The van der Waals surface area contributed by atoms with Crippen LogP contribution in [0.4, 0.5) is 11.4 Å². The Morgan fingerprint density at radius 1 is 1.16 bits per heavy atom. The Bertz CT molecular complexity index is 917. The minimum atomic E-state index is -3.71. The quantitative estimate of drug-likeness (QED) is 0.780. The van der Waals surface area contributed by atoms with Gasteiger partial charge >= 0.3 is 0 Å². The van der Waals surface area contributed by atoms with Crippen LogP contribution in [0.15, 0.2) is 36.4 Å². The molecule has 1 N–H and O–H groups in total. The van der Waals surface area contributed by atoms with Crippen molar-refractivity contribution in [2.75, 3.05) is 22.4 Å². The van der Waals surface area contributed by atoms with Crippen LogP contribution >= 0.6 is 34.8 Å². The van der Waals surface area contributed by atoms with Gasteiger partial charge in [-0.2, -0.15) is 0 Å². The maximum atomic E-state index is 12.4. The fourth-order valence-electron chi connectivity index (χ4n) is 2.15. The number of hydrogen-bond donors (Lipinski definition) is 1. The number of nitrogens with one attached hydrogen (secondary N) is 1. The van der Waals surface area contributed by atoms with E-state index < -0.39 is 22.5 Å². The van der Waals surface area contributed by atoms with Crippen LogP contribution in [0.3, 0.4) is 0 Å². The lowest BCUT2D eigenvalue weighted by molar-refractivity contribution is -0.114. The van der Waals surface area contributed by atoms with Crippen molar-refractivity contribution >= 4 is 62.1 Å². The lowest BCUT2D eigenvalue weighted by Gasteiger charge is -2.24. The minimum absolute atomic E-state index is 0.183. The van der Waals surface area contributed by atoms with Crippen molar-refractivity contribution < 1.29 is 13.2 Å². The summed E-state index contributed by atoms with van der Waals surface area (Å²) in [6, 6.07) is 9.60. The van der Waals surface area contributed by atoms with Gasteiger partial charge in [0.25, 0.3) is 0 Å². The maximum Gasteiger partial charge on any atom is 0.245 e. The van der Waals surface area contributed by atoms with E-state index in [-0.39, 0.29) is 10.0 Å². The third-order valence-corrected chi connectivity index (χ3v) is 5.53. The van der Waals surface area contributed by atoms with Crippen molar-refractivity contribution in [3.63, 3.8) is 0 Å². The number of hydrogen-bond acceptors (Lipinski definition) is 3. The highest BCUT2D eigenvalue weighted by Crippen LogP contribution is 2.30. The van der Waals surface area contributed by atoms with Crippen LogP contribution in [0.2, 0.25) is 15.1 Å². The summed E-state index contributed by atoms with van der Waals surface area (Å²) in [4.78, 5) is 12.4. The molecule has 1 amide bonds. The summed E-state index contributed by atoms with van der Waals surface area (Å²) < 4.78 is 25.3. The zero-order valence-corrected chi connectivity index (χ0v) is 16.5. The molecule has 0 saturated carbocycles. The van der Waals surface area contributed by atoms with E-state index in [1.807, 2.05) is 0 Å². The summed E-state index contributed by atoms with van der Waals surface area (Å²) in [6.07, 6.45) is 1.02. The molecule has 0 aliphatic rings. The minimum Gasteiger partial charge on any atom is -0.323 e. The smallest absolute Gasteiger partial charge is 0.245 e. The van der Waals surface area contributed by atoms with Crippen LogP contribution in [0.25, 0.3) is 0 Å². The molecule has 0 aromatic heterocycles. The van der Waals surface area contributed by atoms with E-state index in [1.165, 1.54) is 6.07 Å². The zero-order chi connectivity index (χ0) is 18.8. The molecule has 5 nitrogen and oxygen atoms in total. The molecule has 9 heteroatoms. The van der Waals surface area contributed by atoms with Gasteiger partial charge in [-0.25, -0.2) is 8.42 Å². The fourth-order valence-corrected chi connectivity index (χ4v) is 3.57. The molecule has 25 heavy (non-hydrogen) atoms. The SMILES string of the molecule is Cc1ccc(Cl)cc1N(CC(=O)Nc1cccc(Cl)c1Cl)S(C)(=O)=O. The van der Waals surface area contributed by atoms with E-state index >= 15 is 0 Å². The van der Waals surface area contributed by atoms with E-state index in [0.717, 1.165) is 10.6 Å². The number of anilines is 2. The number of benzene rings is 2. The van der Waals surface area contributed by atoms with Crippen LogP contribution < -0.4 is 9.62 Å². The summed E-state index contributed by atoms with van der Waals surface area (Å²) in [6.45, 7) is 1.30. The molecule has 0 fully saturated rings. The van der Waals surface area contributed by atoms with E-state index in [9.17, 15) is 13.2 Å². The number of sulfonamides is 1. The van der Waals surface area contributed by atoms with Crippen molar-refractivity contribution in [2.24, 2.45) is 0 Å². The van der Waals surface area contributed by atoms with Crippen molar-refractivity contribution in [1.29, 1.82) is 0 Å². The first-order valence-corrected chi connectivity index (χ1v) is 10.1. The van der Waals surface area contributed by atoms with Gasteiger partial charge in [-0.1, -0.05) is 46.9 Å². The summed E-state index contributed by atoms with van der Waals surface area (Å²) in [5, 5.41) is 3.40. The van der Waals surface area contributed by atoms with Gasteiger partial charge in [-0.3, -0.25) is 9.10 Å². The van der Waals surface area contributed by atoms with Crippen LogP contribution in [-0.2, 0) is 14.8 Å². The number of nitrogens with zero attached hydrogens (tertiary/aromatic N) is 1. The van der Waals surface area contributed by atoms with Gasteiger partial charge in [-0.05, 0) is 36.8 Å². The van der Waals surface area contributed by atoms with E-state index in [0.29, 0.717) is 22.0 Å². The van der Waals surface area contributed by atoms with Gasteiger partial charge < -0.3 is 5.32 Å². The molecule has 0 aliphatic heterocycles. The normalized spacial score (nSPS) is 11.2. The van der Waals surface area contributed by atoms with E-state index in [1.54, 1.807) is 37.3 Å². The molecule has 0 radical (unpaired) electrons. The van der Waals surface area contributed by atoms with Crippen LogP contribution in [0, 0.1) is 6.92 Å². The van der Waals surface area contributed by atoms with Gasteiger partial charge in [-0.15, -0.1) is 0 Å². The highest BCUT2D eigenvalue weighted by atomic mass is 35.5. The Labute approximate surface area is 161 Å². The molecule has 0 spiro atoms. The topological polar surface area (TPSA) is 66.5 Å². The molecule has 2 aromatic rings. The van der Waals surface area contributed by atoms with Crippen LogP contribution in [0.1, 0.15) is 5.56 Å². The fraction of sp³-hybridized carbons (Fsp3) is 0.188. The second-order valence-electron chi connectivity index (χ2n) is 5.35. The number of aryl methyl sites for hydroxylation is 1. The lowest BCUT2D eigenvalue weighted by atomic mass is 10.2. The average molecular weight is 422 g/mol. The van der Waals surface area contributed by atoms with Crippen LogP contribution in [0.5, 0.6) is 0 Å². The summed E-state index contributed by atoms with van der Waals surface area (Å²) in [5.41, 5.74) is 1.31. The predicted octanol–water partition coefficient (Wildman–Crippen LogP) is 4.36. The molecule has 134 valence electrons. The average Bonchev–Trinajstić information content (AvgIpc) is 2.51. The predicted molar refractivity (Wildman–Crippen MR) is 103 cm³/mol. The molecule has 0 heterocycles. The second-order valence-corrected chi connectivity index (χ2v) is 8.48. The molecule has 0 atom stereocenters. The molecule has 2 aromatic carbocycles. The summed E-state index contributed by atoms with van der Waals surface area (Å²) in [7, 11) is -3.71. The number of carbonyl (C=O) groups excluding carboxylic acids is 1. The third-order valence-electron chi connectivity index (χ3n) is 3.35. The molecule has 0 unspecified atom stereocenters. The molecular formula is C16H15Cl3N2O3S. The number of halogens is 3. The Balaban J connectivity index is 2.30. The molecule has 0 bridgehead atoms. The highest BCUT2D eigenvalue weighted by Gasteiger charge is 2.23. The zero-order valence-electron chi connectivity index (χ0n) is 13.4. The highest BCUT2D eigenvalue weighted by molar-refractivity contribution is 7.92. The van der Waals surface area contributed by atoms with Gasteiger partial charge in [0.15, 0.2) is 0 Å². The van der Waals surface area contributed by atoms with Gasteiger partial charge in [0, 0.05) is 5.02 Å². The first-order chi connectivity index (χ1) is 11.6. The third kappa shape index (κ3) is 5.01. The molecule has 0 saturated heterocycles. The monoisotopic (exact) mass is 420 g/mol. The first-order valence-electron chi connectivity index (χ1n) is 7.07. The Hall–Kier alpha value is -1.47. The molecule has 2 rings (SSSR count). The van der Waals surface area contributed by atoms with E-state index in [2.05, 4.69) is 5.32 Å². The van der Waals surface area contributed by atoms with Crippen molar-refractivity contribution in [3.05, 3.63) is 57.0 Å². The Kier molecular flexibility index (Phi) is 6.21. The summed E-state index contributed by atoms with van der Waals surface area (Å²) in [5.74, 6) is -0.561. The van der Waals surface area contributed by atoms with Gasteiger partial charge in [0.1, 0.15) is 6.54 Å². The molecular weight excluding hydrogens is 407 g/mol.